The first-order valence-corrected chi connectivity index (χ1v) is 9.89. The number of halogens is 2. The Balaban J connectivity index is 0.00000240. The fourth-order valence-corrected chi connectivity index (χ4v) is 3.33. The molecule has 0 saturated carbocycles. The van der Waals surface area contributed by atoms with Crippen molar-refractivity contribution in [3.8, 4) is 5.75 Å². The summed E-state index contributed by atoms with van der Waals surface area (Å²) in [6.45, 7) is 3.99. The van der Waals surface area contributed by atoms with Gasteiger partial charge in [-0.2, -0.15) is 0 Å². The smallest absolute Gasteiger partial charge is 0.224 e. The van der Waals surface area contributed by atoms with E-state index in [9.17, 15) is 4.79 Å². The Morgan fingerprint density at radius 2 is 1.87 bits per heavy atom. The van der Waals surface area contributed by atoms with Crippen LogP contribution < -0.4 is 20.7 Å². The van der Waals surface area contributed by atoms with Gasteiger partial charge in [0.25, 0.3) is 0 Å². The van der Waals surface area contributed by atoms with Crippen LogP contribution in [0.25, 0.3) is 6.08 Å². The van der Waals surface area contributed by atoms with Gasteiger partial charge < -0.3 is 20.7 Å². The standard InChI is InChI=1S/C23H28N4O2.2ClH/c1-17(28)27(15-3-5-18-4-2-6-19(16-18)23(24)25)20-7-9-21(10-8-20)29-22-11-13-26-14-12-22;;/h2-10,16,22,26H,11-15H2,1H3,(H3,24,25);2*1H/b5-3+;;. The molecule has 4 N–H and O–H groups in total. The van der Waals surface area contributed by atoms with E-state index >= 15 is 0 Å². The van der Waals surface area contributed by atoms with Crippen LogP contribution in [0.5, 0.6) is 5.75 Å². The third-order valence-electron chi connectivity index (χ3n) is 4.91. The minimum Gasteiger partial charge on any atom is -0.490 e. The summed E-state index contributed by atoms with van der Waals surface area (Å²) < 4.78 is 6.04. The number of amidine groups is 1. The van der Waals surface area contributed by atoms with Gasteiger partial charge in [-0.1, -0.05) is 30.4 Å². The molecule has 1 amide bonds. The minimum absolute atomic E-state index is 0. The van der Waals surface area contributed by atoms with E-state index in [4.69, 9.17) is 15.9 Å². The molecule has 0 atom stereocenters. The third-order valence-corrected chi connectivity index (χ3v) is 4.91. The molecule has 2 aromatic carbocycles. The first kappa shape index (κ1) is 26.5. The van der Waals surface area contributed by atoms with Gasteiger partial charge >= 0.3 is 0 Å². The van der Waals surface area contributed by atoms with Crippen LogP contribution >= 0.6 is 24.8 Å². The van der Waals surface area contributed by atoms with E-state index in [1.54, 1.807) is 17.9 Å². The molecule has 8 heteroatoms. The van der Waals surface area contributed by atoms with E-state index in [0.717, 1.165) is 42.9 Å². The Kier molecular flexibility index (Phi) is 11.1. The molecule has 0 bridgehead atoms. The van der Waals surface area contributed by atoms with Gasteiger partial charge in [0.15, 0.2) is 0 Å². The number of hydrogen-bond acceptors (Lipinski definition) is 4. The summed E-state index contributed by atoms with van der Waals surface area (Å²) in [5.74, 6) is 0.845. The average molecular weight is 465 g/mol. The molecule has 0 spiro atoms. The van der Waals surface area contributed by atoms with Crippen LogP contribution in [0.1, 0.15) is 30.9 Å². The lowest BCUT2D eigenvalue weighted by Gasteiger charge is -2.24. The second kappa shape index (κ2) is 13.0. The fourth-order valence-electron chi connectivity index (χ4n) is 3.33. The molecule has 1 aliphatic heterocycles. The van der Waals surface area contributed by atoms with Gasteiger partial charge in [0.1, 0.15) is 17.7 Å². The number of benzene rings is 2. The van der Waals surface area contributed by atoms with Crippen molar-refractivity contribution < 1.29 is 9.53 Å². The maximum atomic E-state index is 12.1. The van der Waals surface area contributed by atoms with Gasteiger partial charge in [-0.15, -0.1) is 24.8 Å². The van der Waals surface area contributed by atoms with E-state index in [2.05, 4.69) is 5.32 Å². The molecule has 1 fully saturated rings. The molecule has 168 valence electrons. The van der Waals surface area contributed by atoms with Crippen molar-refractivity contribution in [2.75, 3.05) is 24.5 Å². The maximum Gasteiger partial charge on any atom is 0.224 e. The van der Waals surface area contributed by atoms with Crippen molar-refractivity contribution in [3.05, 3.63) is 65.7 Å². The molecule has 0 unspecified atom stereocenters. The van der Waals surface area contributed by atoms with Crippen LogP contribution in [0, 0.1) is 5.41 Å². The number of piperidine rings is 1. The van der Waals surface area contributed by atoms with Crippen LogP contribution in [-0.2, 0) is 4.79 Å². The molecule has 1 aliphatic rings. The predicted molar refractivity (Wildman–Crippen MR) is 132 cm³/mol. The monoisotopic (exact) mass is 464 g/mol. The van der Waals surface area contributed by atoms with Gasteiger partial charge in [-0.25, -0.2) is 0 Å². The van der Waals surface area contributed by atoms with E-state index < -0.39 is 0 Å². The number of nitrogens with one attached hydrogen (secondary N) is 2. The number of amides is 1. The van der Waals surface area contributed by atoms with Crippen molar-refractivity contribution in [2.24, 2.45) is 5.73 Å². The summed E-state index contributed by atoms with van der Waals surface area (Å²) in [5.41, 5.74) is 7.99. The number of carbonyl (C=O) groups is 1. The molecular weight excluding hydrogens is 435 g/mol. The highest BCUT2D eigenvalue weighted by Gasteiger charge is 2.15. The van der Waals surface area contributed by atoms with Crippen molar-refractivity contribution in [2.45, 2.75) is 25.9 Å². The highest BCUT2D eigenvalue weighted by molar-refractivity contribution is 5.95. The van der Waals surface area contributed by atoms with Crippen LogP contribution in [0.2, 0.25) is 0 Å². The summed E-state index contributed by atoms with van der Waals surface area (Å²) in [4.78, 5) is 13.8. The Labute approximate surface area is 196 Å². The second-order valence-corrected chi connectivity index (χ2v) is 7.13. The zero-order valence-electron chi connectivity index (χ0n) is 17.5. The van der Waals surface area contributed by atoms with Crippen LogP contribution in [0.4, 0.5) is 5.69 Å². The van der Waals surface area contributed by atoms with Crippen LogP contribution in [-0.4, -0.2) is 37.5 Å². The Bertz CT molecular complexity index is 881. The normalized spacial score (nSPS) is 13.7. The number of carbonyl (C=O) groups excluding carboxylic acids is 1. The first-order valence-electron chi connectivity index (χ1n) is 9.89. The van der Waals surface area contributed by atoms with Crippen molar-refractivity contribution in [1.29, 1.82) is 5.41 Å². The largest absolute Gasteiger partial charge is 0.490 e. The summed E-state index contributed by atoms with van der Waals surface area (Å²) in [7, 11) is 0. The lowest BCUT2D eigenvalue weighted by Crippen LogP contribution is -2.34. The SMILES string of the molecule is CC(=O)N(C/C=C/c1cccc(C(=N)N)c1)c1ccc(OC2CCNCC2)cc1.Cl.Cl. The summed E-state index contributed by atoms with van der Waals surface area (Å²) in [5, 5.41) is 10.9. The summed E-state index contributed by atoms with van der Waals surface area (Å²) in [6.07, 6.45) is 6.13. The van der Waals surface area contributed by atoms with Crippen LogP contribution in [0.3, 0.4) is 0 Å². The lowest BCUT2D eigenvalue weighted by atomic mass is 10.1. The Hall–Kier alpha value is -2.54. The van der Waals surface area contributed by atoms with Crippen LogP contribution in [0.15, 0.2) is 54.6 Å². The molecule has 0 aromatic heterocycles. The molecule has 3 rings (SSSR count). The van der Waals surface area contributed by atoms with E-state index in [0.29, 0.717) is 12.1 Å². The van der Waals surface area contributed by atoms with Gasteiger partial charge in [0, 0.05) is 24.7 Å². The molecule has 0 radical (unpaired) electrons. The topological polar surface area (TPSA) is 91.4 Å². The number of nitrogens with zero attached hydrogens (tertiary/aromatic N) is 1. The number of hydrogen-bond donors (Lipinski definition) is 3. The number of rotatable bonds is 7. The van der Waals surface area contributed by atoms with E-state index in [1.165, 1.54) is 0 Å². The summed E-state index contributed by atoms with van der Waals surface area (Å²) in [6, 6.07) is 15.1. The molecule has 1 heterocycles. The second-order valence-electron chi connectivity index (χ2n) is 7.13. The van der Waals surface area contributed by atoms with E-state index in [-0.39, 0.29) is 42.7 Å². The first-order chi connectivity index (χ1) is 14.0. The van der Waals surface area contributed by atoms with Gasteiger partial charge in [-0.3, -0.25) is 10.2 Å². The number of nitrogens with two attached hydrogens (primary N) is 1. The molecule has 0 aliphatic carbocycles. The third kappa shape index (κ3) is 7.90. The molecule has 31 heavy (non-hydrogen) atoms. The number of ether oxygens (including phenoxy) is 1. The van der Waals surface area contributed by atoms with Crippen molar-refractivity contribution in [1.82, 2.24) is 5.32 Å². The lowest BCUT2D eigenvalue weighted by molar-refractivity contribution is -0.116. The van der Waals surface area contributed by atoms with Crippen molar-refractivity contribution in [3.63, 3.8) is 0 Å². The maximum absolute atomic E-state index is 12.1. The molecular formula is C23H30Cl2N4O2. The number of nitrogen functional groups attached to an aromatic ring is 1. The predicted octanol–water partition coefficient (Wildman–Crippen LogP) is 4.01. The van der Waals surface area contributed by atoms with Crippen molar-refractivity contribution >= 4 is 48.3 Å². The molecule has 2 aromatic rings. The fraction of sp³-hybridized carbons (Fsp3) is 0.304. The summed E-state index contributed by atoms with van der Waals surface area (Å²) >= 11 is 0. The molecule has 6 nitrogen and oxygen atoms in total. The van der Waals surface area contributed by atoms with Gasteiger partial charge in [0.2, 0.25) is 5.91 Å². The Morgan fingerprint density at radius 1 is 1.19 bits per heavy atom. The zero-order valence-corrected chi connectivity index (χ0v) is 19.2. The number of anilines is 1. The molecule has 1 saturated heterocycles. The highest BCUT2D eigenvalue weighted by atomic mass is 35.5. The van der Waals surface area contributed by atoms with Gasteiger partial charge in [0.05, 0.1) is 0 Å². The zero-order chi connectivity index (χ0) is 20.6. The minimum atomic E-state index is -0.0286. The quantitative estimate of drug-likeness (QED) is 0.426. The highest BCUT2D eigenvalue weighted by Crippen LogP contribution is 2.22. The Morgan fingerprint density at radius 3 is 2.48 bits per heavy atom. The average Bonchev–Trinajstić information content (AvgIpc) is 2.73. The van der Waals surface area contributed by atoms with E-state index in [1.807, 2.05) is 54.6 Å². The van der Waals surface area contributed by atoms with Gasteiger partial charge in [-0.05, 0) is 61.8 Å².